The molecule has 0 fully saturated rings. The number of carbonyl (C=O) groups excluding carboxylic acids is 2. The lowest BCUT2D eigenvalue weighted by atomic mass is 9.75. The van der Waals surface area contributed by atoms with Gasteiger partial charge in [0.05, 0.1) is 16.8 Å². The summed E-state index contributed by atoms with van der Waals surface area (Å²) in [4.78, 5) is 31.1. The Balaban J connectivity index is 1.37. The second kappa shape index (κ2) is 10.9. The highest BCUT2D eigenvalue weighted by atomic mass is 16.5. The summed E-state index contributed by atoms with van der Waals surface area (Å²) in [7, 11) is 0. The van der Waals surface area contributed by atoms with E-state index in [9.17, 15) is 14.7 Å². The van der Waals surface area contributed by atoms with Crippen LogP contribution in [0.5, 0.6) is 0 Å². The molecule has 0 aliphatic heterocycles. The normalized spacial score (nSPS) is 19.5. The molecule has 1 heterocycles. The number of ketones is 2. The van der Waals surface area contributed by atoms with E-state index in [-0.39, 0.29) is 28.7 Å². The number of nitrogens with zero attached hydrogens (tertiary/aromatic N) is 2. The number of Topliss-reactive ketones (excluding diaryl/α,β-unsaturated/α-hetero) is 2. The van der Waals surface area contributed by atoms with Crippen LogP contribution in [0.3, 0.4) is 0 Å². The monoisotopic (exact) mass is 510 g/mol. The van der Waals surface area contributed by atoms with Gasteiger partial charge in [-0.2, -0.15) is 0 Å². The van der Waals surface area contributed by atoms with Gasteiger partial charge < -0.3 is 9.63 Å². The van der Waals surface area contributed by atoms with E-state index in [1.165, 1.54) is 0 Å². The molecule has 1 unspecified atom stereocenters. The molecule has 196 valence electrons. The summed E-state index contributed by atoms with van der Waals surface area (Å²) in [5.74, 6) is 0.772. The topological polar surface area (TPSA) is 92.8 Å². The molecule has 38 heavy (non-hydrogen) atoms. The molecule has 1 N–H and O–H groups in total. The molecule has 0 bridgehead atoms. The average molecular weight is 511 g/mol. The Morgan fingerprint density at radius 1 is 0.974 bits per heavy atom. The van der Waals surface area contributed by atoms with Crippen LogP contribution >= 0.6 is 0 Å². The number of hydrogen-bond donors (Lipinski definition) is 1. The van der Waals surface area contributed by atoms with Gasteiger partial charge in [-0.05, 0) is 41.7 Å². The predicted molar refractivity (Wildman–Crippen MR) is 147 cm³/mol. The number of aliphatic imine (C=N–C) groups is 1. The van der Waals surface area contributed by atoms with E-state index in [0.29, 0.717) is 73.4 Å². The molecule has 0 radical (unpaired) electrons. The van der Waals surface area contributed by atoms with Crippen molar-refractivity contribution in [3.05, 3.63) is 100 Å². The highest BCUT2D eigenvalue weighted by molar-refractivity contribution is 6.23. The fraction of sp³-hybridized carbons (Fsp3) is 0.375. The zero-order chi connectivity index (χ0) is 26.7. The van der Waals surface area contributed by atoms with Gasteiger partial charge in [0, 0.05) is 37.9 Å². The summed E-state index contributed by atoms with van der Waals surface area (Å²) in [6.45, 7) is 4.47. The van der Waals surface area contributed by atoms with Gasteiger partial charge in [0.15, 0.2) is 11.6 Å². The van der Waals surface area contributed by atoms with E-state index >= 15 is 0 Å². The Bertz CT molecular complexity index is 1380. The quantitative estimate of drug-likeness (QED) is 0.354. The van der Waals surface area contributed by atoms with Gasteiger partial charge in [-0.25, -0.2) is 0 Å². The lowest BCUT2D eigenvalue weighted by Crippen LogP contribution is -2.29. The highest BCUT2D eigenvalue weighted by Crippen LogP contribution is 2.37. The van der Waals surface area contributed by atoms with Gasteiger partial charge >= 0.3 is 0 Å². The standard InChI is InChI=1S/C32H34N2O4/c1-32(2)19-27(36)30(28(37)20-32)24(33-16-15-21-9-5-3-6-10-21)13-14-25-31-26(35)17-23(18-29(31)38-34-25)22-11-7-4-8-12-22/h3-12,23,36H,13-20H2,1-2H3. The summed E-state index contributed by atoms with van der Waals surface area (Å²) in [6.07, 6.45) is 3.40. The molecule has 2 aliphatic carbocycles. The smallest absolute Gasteiger partial charge is 0.168 e. The zero-order valence-corrected chi connectivity index (χ0v) is 22.1. The van der Waals surface area contributed by atoms with E-state index in [1.54, 1.807) is 0 Å². The van der Waals surface area contributed by atoms with Gasteiger partial charge in [0.2, 0.25) is 0 Å². The second-order valence-electron chi connectivity index (χ2n) is 11.2. The van der Waals surface area contributed by atoms with Crippen molar-refractivity contribution in [3.63, 3.8) is 0 Å². The predicted octanol–water partition coefficient (Wildman–Crippen LogP) is 6.40. The van der Waals surface area contributed by atoms with E-state index < -0.39 is 0 Å². The van der Waals surface area contributed by atoms with Crippen LogP contribution in [-0.4, -0.2) is 34.1 Å². The minimum Gasteiger partial charge on any atom is -0.511 e. The fourth-order valence-electron chi connectivity index (χ4n) is 5.67. The van der Waals surface area contributed by atoms with Gasteiger partial charge in [-0.3, -0.25) is 14.6 Å². The average Bonchev–Trinajstić information content (AvgIpc) is 3.30. The molecular weight excluding hydrogens is 476 g/mol. The first-order valence-corrected chi connectivity index (χ1v) is 13.4. The number of aryl methyl sites for hydroxylation is 1. The fourth-order valence-corrected chi connectivity index (χ4v) is 5.67. The molecule has 2 aromatic carbocycles. The maximum atomic E-state index is 13.2. The van der Waals surface area contributed by atoms with Crippen LogP contribution in [0.2, 0.25) is 0 Å². The van der Waals surface area contributed by atoms with Crippen molar-refractivity contribution in [1.82, 2.24) is 5.16 Å². The number of aliphatic hydroxyl groups excluding tert-OH is 1. The minimum atomic E-state index is -0.285. The van der Waals surface area contributed by atoms with Crippen LogP contribution in [0, 0.1) is 5.41 Å². The number of rotatable bonds is 8. The van der Waals surface area contributed by atoms with Crippen LogP contribution in [0.1, 0.15) is 78.4 Å². The Hall–Kier alpha value is -3.80. The molecule has 6 heteroatoms. The largest absolute Gasteiger partial charge is 0.511 e. The van der Waals surface area contributed by atoms with Gasteiger partial charge in [-0.15, -0.1) is 0 Å². The second-order valence-corrected chi connectivity index (χ2v) is 11.2. The third-order valence-electron chi connectivity index (χ3n) is 7.53. The number of benzene rings is 2. The first-order chi connectivity index (χ1) is 18.3. The van der Waals surface area contributed by atoms with Crippen molar-refractivity contribution in [3.8, 4) is 0 Å². The van der Waals surface area contributed by atoms with Gasteiger partial charge in [0.1, 0.15) is 11.5 Å². The van der Waals surface area contributed by atoms with Crippen molar-refractivity contribution in [2.45, 2.75) is 64.7 Å². The van der Waals surface area contributed by atoms with E-state index in [0.717, 1.165) is 17.5 Å². The molecule has 2 aliphatic rings. The van der Waals surface area contributed by atoms with E-state index in [1.807, 2.05) is 62.4 Å². The van der Waals surface area contributed by atoms with Gasteiger partial charge in [0.25, 0.3) is 0 Å². The third-order valence-corrected chi connectivity index (χ3v) is 7.53. The van der Waals surface area contributed by atoms with Crippen molar-refractivity contribution < 1.29 is 19.2 Å². The van der Waals surface area contributed by atoms with Crippen LogP contribution < -0.4 is 0 Å². The van der Waals surface area contributed by atoms with Crippen molar-refractivity contribution in [2.24, 2.45) is 10.4 Å². The highest BCUT2D eigenvalue weighted by Gasteiger charge is 2.36. The van der Waals surface area contributed by atoms with Crippen LogP contribution in [0.4, 0.5) is 0 Å². The summed E-state index contributed by atoms with van der Waals surface area (Å²) in [6, 6.07) is 20.1. The molecule has 6 nitrogen and oxygen atoms in total. The molecule has 0 spiro atoms. The number of carbonyl (C=O) groups is 2. The third kappa shape index (κ3) is 5.69. The Morgan fingerprint density at radius 3 is 2.39 bits per heavy atom. The summed E-state index contributed by atoms with van der Waals surface area (Å²) in [5.41, 5.74) is 4.11. The zero-order valence-electron chi connectivity index (χ0n) is 22.1. The number of allylic oxidation sites excluding steroid dienone is 2. The lowest BCUT2D eigenvalue weighted by Gasteiger charge is -2.30. The molecule has 0 saturated heterocycles. The SMILES string of the molecule is CC1(C)CC(=O)C(C(CCc2noc3c2C(=O)CC(c2ccccc2)C3)=NCCc2ccccc2)=C(O)C1. The van der Waals surface area contributed by atoms with Crippen molar-refractivity contribution >= 4 is 17.3 Å². The lowest BCUT2D eigenvalue weighted by molar-refractivity contribution is -0.118. The van der Waals surface area contributed by atoms with Crippen molar-refractivity contribution in [1.29, 1.82) is 0 Å². The Kier molecular flexibility index (Phi) is 7.41. The number of aromatic nitrogens is 1. The molecular formula is C32H34N2O4. The maximum Gasteiger partial charge on any atom is 0.168 e. The summed E-state index contributed by atoms with van der Waals surface area (Å²) in [5, 5.41) is 15.1. The van der Waals surface area contributed by atoms with E-state index in [4.69, 9.17) is 9.52 Å². The molecule has 5 rings (SSSR count). The molecule has 3 aromatic rings. The van der Waals surface area contributed by atoms with Crippen molar-refractivity contribution in [2.75, 3.05) is 6.54 Å². The summed E-state index contributed by atoms with van der Waals surface area (Å²) < 4.78 is 5.66. The molecule has 0 amide bonds. The number of fused-ring (bicyclic) bond motifs is 1. The maximum absolute atomic E-state index is 13.2. The first-order valence-electron chi connectivity index (χ1n) is 13.4. The van der Waals surface area contributed by atoms with Crippen LogP contribution in [-0.2, 0) is 24.1 Å². The van der Waals surface area contributed by atoms with E-state index in [2.05, 4.69) is 17.3 Å². The number of hydrogen-bond acceptors (Lipinski definition) is 6. The van der Waals surface area contributed by atoms with Gasteiger partial charge in [-0.1, -0.05) is 79.7 Å². The van der Waals surface area contributed by atoms with Crippen LogP contribution in [0.25, 0.3) is 0 Å². The summed E-state index contributed by atoms with van der Waals surface area (Å²) >= 11 is 0. The van der Waals surface area contributed by atoms with Crippen LogP contribution in [0.15, 0.2) is 81.5 Å². The first kappa shape index (κ1) is 25.8. The molecule has 0 saturated carbocycles. The Labute approximate surface area is 223 Å². The molecule has 1 atom stereocenters. The Morgan fingerprint density at radius 2 is 1.68 bits per heavy atom. The molecule has 1 aromatic heterocycles. The minimum absolute atomic E-state index is 0.0384. The number of aliphatic hydroxyl groups is 1.